The Morgan fingerprint density at radius 3 is 2.20 bits per heavy atom. The van der Waals surface area contributed by atoms with Crippen LogP contribution in [0.2, 0.25) is 0 Å². The van der Waals surface area contributed by atoms with Crippen molar-refractivity contribution in [3.05, 3.63) is 0 Å². The van der Waals surface area contributed by atoms with Gasteiger partial charge < -0.3 is 4.55 Å². The van der Waals surface area contributed by atoms with E-state index in [9.17, 15) is 0 Å². The van der Waals surface area contributed by atoms with E-state index in [0.29, 0.717) is 0 Å². The summed E-state index contributed by atoms with van der Waals surface area (Å²) in [7, 11) is 0. The average Bonchev–Trinajstić information content (AvgIpc) is 1.38. The minimum Gasteiger partial charge on any atom is -0.759 e. The molecule has 0 aromatic rings. The van der Waals surface area contributed by atoms with Crippen molar-refractivity contribution in [1.29, 1.82) is 0 Å². The molecule has 0 aliphatic carbocycles. The second kappa shape index (κ2) is 2.59. The summed E-state index contributed by atoms with van der Waals surface area (Å²) in [6.45, 7) is 0. The van der Waals surface area contributed by atoms with Gasteiger partial charge in [0.2, 0.25) is 0 Å². The predicted molar refractivity (Wildman–Crippen MR) is 17.9 cm³/mol. The maximum absolute atomic E-state index is 9.12. The Bertz CT molecular complexity index is 44.9. The largest absolute Gasteiger partial charge is 0.759 e. The van der Waals surface area contributed by atoms with Crippen molar-refractivity contribution < 1.29 is 8.76 Å². The fourth-order valence-corrected chi connectivity index (χ4v) is 0. The summed E-state index contributed by atoms with van der Waals surface area (Å²) in [4.78, 5) is 0. The predicted octanol–water partition coefficient (Wildman–Crippen LogP) is -0.476. The quantitative estimate of drug-likeness (QED) is 0.370. The Labute approximate surface area is 36.9 Å². The third-order valence-electron chi connectivity index (χ3n) is 0.0630. The van der Waals surface area contributed by atoms with E-state index in [1.165, 1.54) is 4.24 Å². The molecule has 0 aromatic heterocycles. The molecule has 0 spiro atoms. The lowest BCUT2D eigenvalue weighted by Gasteiger charge is -1.93. The molecule has 1 unspecified atom stereocenters. The van der Waals surface area contributed by atoms with Crippen LogP contribution in [0.25, 0.3) is 0 Å². The highest BCUT2D eigenvalue weighted by Crippen LogP contribution is 1.60. The smallest absolute Gasteiger partial charge is 0.0329 e. The van der Waals surface area contributed by atoms with E-state index in [0.717, 1.165) is 0 Å². The molecule has 0 radical (unpaired) electrons. The van der Waals surface area contributed by atoms with E-state index in [4.69, 9.17) is 8.76 Å². The zero-order chi connectivity index (χ0) is 4.28. The van der Waals surface area contributed by atoms with Gasteiger partial charge in [-0.1, -0.05) is 0 Å². The molecule has 1 N–H and O–H groups in total. The minimum absolute atomic E-state index is 1.42. The number of rotatable bonds is 1. The van der Waals surface area contributed by atoms with E-state index in [1.54, 1.807) is 0 Å². The lowest BCUT2D eigenvalue weighted by atomic mass is 13.9. The Kier molecular flexibility index (Phi) is 2.78. The van der Waals surface area contributed by atoms with Crippen LogP contribution < -0.4 is 4.24 Å². The van der Waals surface area contributed by atoms with Gasteiger partial charge in [-0.05, 0) is 11.8 Å². The Morgan fingerprint density at radius 2 is 2.20 bits per heavy atom. The van der Waals surface area contributed by atoms with Crippen LogP contribution >= 0.6 is 11.8 Å². The molecule has 0 saturated carbocycles. The summed E-state index contributed by atoms with van der Waals surface area (Å²) in [5, 5.41) is 0. The van der Waals surface area contributed by atoms with Gasteiger partial charge in [0, 0.05) is 11.3 Å². The number of hydrogen-bond donors (Lipinski definition) is 1. The van der Waals surface area contributed by atoms with Crippen LogP contribution in [0.4, 0.5) is 0 Å². The topological polar surface area (TPSA) is 52.2 Å². The van der Waals surface area contributed by atoms with Crippen LogP contribution in [-0.2, 0) is 11.3 Å². The number of nitrogens with one attached hydrogen (secondary N) is 1. The molecule has 0 fully saturated rings. The van der Waals surface area contributed by atoms with Crippen LogP contribution in [0, 0.1) is 0 Å². The molecule has 5 heavy (non-hydrogen) atoms. The van der Waals surface area contributed by atoms with Crippen molar-refractivity contribution >= 4 is 23.0 Å². The summed E-state index contributed by atoms with van der Waals surface area (Å²) >= 11 is 2.17. The van der Waals surface area contributed by atoms with Gasteiger partial charge in [0.1, 0.15) is 0 Å². The van der Waals surface area contributed by atoms with Crippen molar-refractivity contribution in [2.75, 3.05) is 0 Å². The molecule has 0 saturated heterocycles. The zero-order valence-corrected chi connectivity index (χ0v) is 3.68. The molecule has 0 aliphatic rings. The molecule has 0 amide bonds. The van der Waals surface area contributed by atoms with Crippen LogP contribution in [0.5, 0.6) is 0 Å². The van der Waals surface area contributed by atoms with Crippen molar-refractivity contribution in [2.24, 2.45) is 0 Å². The average molecular weight is 115 g/mol. The van der Waals surface area contributed by atoms with Gasteiger partial charge in [0.05, 0.1) is 0 Å². The highest BCUT2D eigenvalue weighted by atomic mass is 35.5. The first-order chi connectivity index (χ1) is 2.27. The standard InChI is InChI=1S/ClH2NO2S/c1-2-5(3)4/h2H,(H,3,4)/p-1. The monoisotopic (exact) mass is 114 g/mol. The van der Waals surface area contributed by atoms with Crippen molar-refractivity contribution in [2.45, 2.75) is 0 Å². The van der Waals surface area contributed by atoms with Gasteiger partial charge in [-0.2, -0.15) is 4.24 Å². The van der Waals surface area contributed by atoms with E-state index in [-0.39, 0.29) is 0 Å². The maximum Gasteiger partial charge on any atom is 0.0329 e. The van der Waals surface area contributed by atoms with E-state index in [2.05, 4.69) is 11.8 Å². The third kappa shape index (κ3) is 4.36. The van der Waals surface area contributed by atoms with Crippen molar-refractivity contribution in [1.82, 2.24) is 4.24 Å². The van der Waals surface area contributed by atoms with E-state index in [1.807, 2.05) is 0 Å². The first-order valence-corrected chi connectivity index (χ1v) is 2.18. The first-order valence-electron chi connectivity index (χ1n) is 0.726. The number of hydrogen-bond acceptors (Lipinski definition) is 2. The SMILES string of the molecule is O=S([O-])NCl. The summed E-state index contributed by atoms with van der Waals surface area (Å²) in [5.74, 6) is 0. The summed E-state index contributed by atoms with van der Waals surface area (Å²) in [5.41, 5.74) is 0. The van der Waals surface area contributed by atoms with Crippen molar-refractivity contribution in [3.63, 3.8) is 0 Å². The third-order valence-corrected chi connectivity index (χ3v) is 0.567. The molecule has 0 aliphatic heterocycles. The Morgan fingerprint density at radius 1 is 2.00 bits per heavy atom. The molecule has 0 heterocycles. The normalized spacial score (nSPS) is 14.8. The van der Waals surface area contributed by atoms with Gasteiger partial charge in [0.15, 0.2) is 0 Å². The van der Waals surface area contributed by atoms with Crippen LogP contribution in [0.3, 0.4) is 0 Å². The first kappa shape index (κ1) is 5.36. The molecular weight excluding hydrogens is 114 g/mol. The van der Waals surface area contributed by atoms with Gasteiger partial charge in [-0.25, -0.2) is 0 Å². The Balaban J connectivity index is 2.85. The minimum atomic E-state index is -2.31. The highest BCUT2D eigenvalue weighted by molar-refractivity contribution is 7.78. The molecule has 0 rings (SSSR count). The highest BCUT2D eigenvalue weighted by Gasteiger charge is 1.60. The van der Waals surface area contributed by atoms with Gasteiger partial charge in [-0.3, -0.25) is 4.21 Å². The fraction of sp³-hybridized carbons (Fsp3) is 0. The molecule has 0 bridgehead atoms. The molecule has 5 heteroatoms. The molecule has 32 valence electrons. The van der Waals surface area contributed by atoms with Gasteiger partial charge in [-0.15, -0.1) is 0 Å². The lowest BCUT2D eigenvalue weighted by molar-refractivity contribution is 0.534. The summed E-state index contributed by atoms with van der Waals surface area (Å²) in [6.07, 6.45) is 0. The fourth-order valence-electron chi connectivity index (χ4n) is 0. The second-order valence-electron chi connectivity index (χ2n) is 0.312. The maximum atomic E-state index is 9.12. The Hall–Kier alpha value is 0.360. The molecule has 1 atom stereocenters. The summed E-state index contributed by atoms with van der Waals surface area (Å²) in [6, 6.07) is 0. The van der Waals surface area contributed by atoms with Gasteiger partial charge >= 0.3 is 0 Å². The molecular formula is HClNO2S-. The lowest BCUT2D eigenvalue weighted by Crippen LogP contribution is -2.00. The van der Waals surface area contributed by atoms with Crippen molar-refractivity contribution in [3.8, 4) is 0 Å². The molecule has 0 aromatic carbocycles. The van der Waals surface area contributed by atoms with E-state index >= 15 is 0 Å². The van der Waals surface area contributed by atoms with E-state index < -0.39 is 11.3 Å². The second-order valence-corrected chi connectivity index (χ2v) is 1.40. The van der Waals surface area contributed by atoms with Crippen LogP contribution in [-0.4, -0.2) is 8.76 Å². The van der Waals surface area contributed by atoms with Crippen LogP contribution in [0.15, 0.2) is 0 Å². The zero-order valence-electron chi connectivity index (χ0n) is 2.10. The summed E-state index contributed by atoms with van der Waals surface area (Å²) < 4.78 is 19.7. The van der Waals surface area contributed by atoms with Crippen LogP contribution in [0.1, 0.15) is 0 Å². The molecule has 3 nitrogen and oxygen atoms in total. The number of halogens is 1. The van der Waals surface area contributed by atoms with Gasteiger partial charge in [0.25, 0.3) is 0 Å².